The maximum absolute atomic E-state index is 13.0. The van der Waals surface area contributed by atoms with Crippen molar-refractivity contribution in [3.8, 4) is 22.4 Å². The molecule has 0 spiro atoms. The minimum atomic E-state index is -0.0591. The summed E-state index contributed by atoms with van der Waals surface area (Å²) in [6.45, 7) is 0. The van der Waals surface area contributed by atoms with Gasteiger partial charge in [-0.3, -0.25) is 4.79 Å². The molecule has 0 saturated heterocycles. The van der Waals surface area contributed by atoms with Crippen LogP contribution in [0.1, 0.15) is 0 Å². The van der Waals surface area contributed by atoms with Crippen LogP contribution in [0.4, 0.5) is 0 Å². The van der Waals surface area contributed by atoms with E-state index in [2.05, 4.69) is 0 Å². The standard InChI is InChI=1S/C24H15NO2/c26-23-18-13-7-8-14-21(18)27-24-20(23)15-19(16-9-3-1-4-10-16)22(25-24)17-11-5-2-6-12-17/h1-15H. The SMILES string of the molecule is O=c1c2ccccc2oc2nc(-c3ccccc3)c(-c3ccccc3)cc12. The fourth-order valence-electron chi connectivity index (χ4n) is 3.38. The predicted octanol–water partition coefficient (Wildman–Crippen LogP) is 5.68. The minimum absolute atomic E-state index is 0.0591. The van der Waals surface area contributed by atoms with Gasteiger partial charge in [0.2, 0.25) is 11.1 Å². The molecule has 0 radical (unpaired) electrons. The third-order valence-corrected chi connectivity index (χ3v) is 4.70. The van der Waals surface area contributed by atoms with Gasteiger partial charge in [-0.05, 0) is 23.8 Å². The minimum Gasteiger partial charge on any atom is -0.437 e. The zero-order valence-corrected chi connectivity index (χ0v) is 14.4. The van der Waals surface area contributed by atoms with Gasteiger partial charge in [-0.2, -0.15) is 0 Å². The predicted molar refractivity (Wildman–Crippen MR) is 109 cm³/mol. The lowest BCUT2D eigenvalue weighted by molar-refractivity contribution is 0.645. The number of benzene rings is 3. The Bertz CT molecular complexity index is 1320. The molecule has 27 heavy (non-hydrogen) atoms. The van der Waals surface area contributed by atoms with Crippen LogP contribution in [0.15, 0.2) is 100 Å². The molecule has 0 amide bonds. The summed E-state index contributed by atoms with van der Waals surface area (Å²) in [6, 6.07) is 29.1. The molecule has 128 valence electrons. The van der Waals surface area contributed by atoms with Crippen molar-refractivity contribution in [3.05, 3.63) is 101 Å². The van der Waals surface area contributed by atoms with Crippen LogP contribution in [0.5, 0.6) is 0 Å². The Morgan fingerprint density at radius 3 is 2.04 bits per heavy atom. The summed E-state index contributed by atoms with van der Waals surface area (Å²) in [5.41, 5.74) is 4.55. The van der Waals surface area contributed by atoms with Gasteiger partial charge in [-0.25, -0.2) is 4.98 Å². The van der Waals surface area contributed by atoms with Gasteiger partial charge in [-0.1, -0.05) is 72.8 Å². The number of hydrogen-bond donors (Lipinski definition) is 0. The van der Waals surface area contributed by atoms with E-state index in [4.69, 9.17) is 9.40 Å². The molecule has 2 heterocycles. The Morgan fingerprint density at radius 1 is 0.667 bits per heavy atom. The topological polar surface area (TPSA) is 43.1 Å². The fourth-order valence-corrected chi connectivity index (χ4v) is 3.38. The number of hydrogen-bond acceptors (Lipinski definition) is 3. The van der Waals surface area contributed by atoms with Gasteiger partial charge in [0.15, 0.2) is 0 Å². The van der Waals surface area contributed by atoms with Crippen LogP contribution >= 0.6 is 0 Å². The molecule has 0 unspecified atom stereocenters. The number of fused-ring (bicyclic) bond motifs is 2. The summed E-state index contributed by atoms with van der Waals surface area (Å²) < 4.78 is 5.97. The van der Waals surface area contributed by atoms with Crippen molar-refractivity contribution in [3.63, 3.8) is 0 Å². The fraction of sp³-hybridized carbons (Fsp3) is 0. The zero-order chi connectivity index (χ0) is 18.2. The van der Waals surface area contributed by atoms with E-state index in [1.165, 1.54) is 0 Å². The van der Waals surface area contributed by atoms with Gasteiger partial charge in [0, 0.05) is 11.1 Å². The quantitative estimate of drug-likeness (QED) is 0.385. The smallest absolute Gasteiger partial charge is 0.231 e. The molecule has 3 nitrogen and oxygen atoms in total. The van der Waals surface area contributed by atoms with Crippen molar-refractivity contribution in [2.24, 2.45) is 0 Å². The number of rotatable bonds is 2. The van der Waals surface area contributed by atoms with E-state index in [1.807, 2.05) is 78.9 Å². The summed E-state index contributed by atoms with van der Waals surface area (Å²) >= 11 is 0. The lowest BCUT2D eigenvalue weighted by Gasteiger charge is -2.11. The first-order chi connectivity index (χ1) is 13.3. The van der Waals surface area contributed by atoms with E-state index in [-0.39, 0.29) is 5.43 Å². The normalized spacial score (nSPS) is 11.1. The van der Waals surface area contributed by atoms with Gasteiger partial charge < -0.3 is 4.42 Å². The number of aromatic nitrogens is 1. The maximum atomic E-state index is 13.0. The van der Waals surface area contributed by atoms with Crippen molar-refractivity contribution < 1.29 is 4.42 Å². The van der Waals surface area contributed by atoms with Crippen molar-refractivity contribution >= 4 is 22.1 Å². The largest absolute Gasteiger partial charge is 0.437 e. The molecular formula is C24H15NO2. The molecular weight excluding hydrogens is 334 g/mol. The van der Waals surface area contributed by atoms with Crippen LogP contribution < -0.4 is 5.43 Å². The van der Waals surface area contributed by atoms with Crippen LogP contribution in [-0.4, -0.2) is 4.98 Å². The third kappa shape index (κ3) is 2.61. The molecule has 5 rings (SSSR count). The number of para-hydroxylation sites is 1. The van der Waals surface area contributed by atoms with E-state index in [0.29, 0.717) is 22.1 Å². The Kier molecular flexibility index (Phi) is 3.58. The second kappa shape index (κ2) is 6.22. The molecule has 0 saturated carbocycles. The van der Waals surface area contributed by atoms with Crippen LogP contribution in [-0.2, 0) is 0 Å². The van der Waals surface area contributed by atoms with Gasteiger partial charge >= 0.3 is 0 Å². The summed E-state index contributed by atoms with van der Waals surface area (Å²) in [6.07, 6.45) is 0. The molecule has 0 aliphatic rings. The van der Waals surface area contributed by atoms with Gasteiger partial charge in [0.25, 0.3) is 0 Å². The molecule has 3 aromatic carbocycles. The molecule has 0 N–H and O–H groups in total. The molecule has 0 aliphatic carbocycles. The molecule has 2 aromatic heterocycles. The lowest BCUT2D eigenvalue weighted by atomic mass is 9.98. The Labute approximate surface area is 155 Å². The zero-order valence-electron chi connectivity index (χ0n) is 14.4. The molecule has 3 heteroatoms. The van der Waals surface area contributed by atoms with Crippen molar-refractivity contribution in [1.82, 2.24) is 4.98 Å². The second-order valence-corrected chi connectivity index (χ2v) is 6.40. The highest BCUT2D eigenvalue weighted by Crippen LogP contribution is 2.33. The Balaban J connectivity index is 1.91. The molecule has 0 atom stereocenters. The Hall–Kier alpha value is -3.72. The van der Waals surface area contributed by atoms with E-state index in [9.17, 15) is 4.79 Å². The van der Waals surface area contributed by atoms with Crippen molar-refractivity contribution in [1.29, 1.82) is 0 Å². The number of nitrogens with zero attached hydrogens (tertiary/aromatic N) is 1. The summed E-state index contributed by atoms with van der Waals surface area (Å²) in [7, 11) is 0. The Morgan fingerprint density at radius 2 is 1.30 bits per heavy atom. The van der Waals surface area contributed by atoms with E-state index in [0.717, 1.165) is 22.4 Å². The van der Waals surface area contributed by atoms with Crippen LogP contribution in [0, 0.1) is 0 Å². The molecule has 0 fully saturated rings. The van der Waals surface area contributed by atoms with Gasteiger partial charge in [0.05, 0.1) is 16.5 Å². The average Bonchev–Trinajstić information content (AvgIpc) is 2.74. The van der Waals surface area contributed by atoms with Crippen LogP contribution in [0.25, 0.3) is 44.5 Å². The second-order valence-electron chi connectivity index (χ2n) is 6.40. The summed E-state index contributed by atoms with van der Waals surface area (Å²) in [4.78, 5) is 17.8. The van der Waals surface area contributed by atoms with Crippen molar-refractivity contribution in [2.45, 2.75) is 0 Å². The highest BCUT2D eigenvalue weighted by molar-refractivity contribution is 5.94. The molecule has 0 bridgehead atoms. The molecule has 0 aliphatic heterocycles. The number of pyridine rings is 1. The van der Waals surface area contributed by atoms with Gasteiger partial charge in [-0.15, -0.1) is 0 Å². The third-order valence-electron chi connectivity index (χ3n) is 4.70. The highest BCUT2D eigenvalue weighted by atomic mass is 16.3. The van der Waals surface area contributed by atoms with Crippen molar-refractivity contribution in [2.75, 3.05) is 0 Å². The lowest BCUT2D eigenvalue weighted by Crippen LogP contribution is -2.04. The summed E-state index contributed by atoms with van der Waals surface area (Å²) in [5, 5.41) is 1.06. The monoisotopic (exact) mass is 349 g/mol. The van der Waals surface area contributed by atoms with Crippen LogP contribution in [0.3, 0.4) is 0 Å². The first-order valence-electron chi connectivity index (χ1n) is 8.79. The van der Waals surface area contributed by atoms with E-state index >= 15 is 0 Å². The van der Waals surface area contributed by atoms with E-state index < -0.39 is 0 Å². The highest BCUT2D eigenvalue weighted by Gasteiger charge is 2.15. The first-order valence-corrected chi connectivity index (χ1v) is 8.79. The van der Waals surface area contributed by atoms with E-state index in [1.54, 1.807) is 12.1 Å². The van der Waals surface area contributed by atoms with Gasteiger partial charge in [0.1, 0.15) is 5.58 Å². The summed E-state index contributed by atoms with van der Waals surface area (Å²) in [5.74, 6) is 0. The van der Waals surface area contributed by atoms with Crippen LogP contribution in [0.2, 0.25) is 0 Å². The molecule has 5 aromatic rings. The first kappa shape index (κ1) is 15.5. The maximum Gasteiger partial charge on any atom is 0.231 e. The average molecular weight is 349 g/mol.